The third-order valence-corrected chi connectivity index (χ3v) is 2.38. The van der Waals surface area contributed by atoms with Crippen LogP contribution in [-0.4, -0.2) is 19.0 Å². The first kappa shape index (κ1) is 11.7. The summed E-state index contributed by atoms with van der Waals surface area (Å²) in [5, 5.41) is 2.57. The van der Waals surface area contributed by atoms with Crippen LogP contribution in [0.5, 0.6) is 0 Å². The van der Waals surface area contributed by atoms with Crippen molar-refractivity contribution in [3.8, 4) is 0 Å². The number of ether oxygens (including phenoxy) is 1. The lowest BCUT2D eigenvalue weighted by molar-refractivity contribution is -0.114. The number of anilines is 1. The number of carbonyl (C=O) groups is 2. The van der Waals surface area contributed by atoms with Gasteiger partial charge >= 0.3 is 5.97 Å². The molecule has 0 radical (unpaired) electrons. The number of benzene rings is 1. The van der Waals surface area contributed by atoms with Crippen molar-refractivity contribution in [2.45, 2.75) is 6.92 Å². The Morgan fingerprint density at radius 3 is 2.60 bits per heavy atom. The molecular formula is C10H10BrNO3. The van der Waals surface area contributed by atoms with Crippen LogP contribution in [0, 0.1) is 0 Å². The molecule has 15 heavy (non-hydrogen) atoms. The Morgan fingerprint density at radius 1 is 1.40 bits per heavy atom. The molecule has 0 saturated carbocycles. The zero-order chi connectivity index (χ0) is 11.4. The van der Waals surface area contributed by atoms with Gasteiger partial charge in [-0.1, -0.05) is 6.07 Å². The van der Waals surface area contributed by atoms with Gasteiger partial charge in [-0.25, -0.2) is 4.79 Å². The number of carbonyl (C=O) groups excluding carboxylic acids is 2. The van der Waals surface area contributed by atoms with Crippen molar-refractivity contribution in [3.05, 3.63) is 28.2 Å². The van der Waals surface area contributed by atoms with Gasteiger partial charge in [0.25, 0.3) is 0 Å². The van der Waals surface area contributed by atoms with Gasteiger partial charge in [0.1, 0.15) is 0 Å². The van der Waals surface area contributed by atoms with Crippen LogP contribution in [0.3, 0.4) is 0 Å². The minimum absolute atomic E-state index is 0.243. The van der Waals surface area contributed by atoms with Gasteiger partial charge in [-0.2, -0.15) is 0 Å². The first-order chi connectivity index (χ1) is 7.06. The molecule has 0 heterocycles. The van der Waals surface area contributed by atoms with Crippen molar-refractivity contribution >= 4 is 33.5 Å². The Hall–Kier alpha value is -1.36. The number of amides is 1. The van der Waals surface area contributed by atoms with Gasteiger partial charge in [-0.3, -0.25) is 4.79 Å². The van der Waals surface area contributed by atoms with Crippen LogP contribution >= 0.6 is 15.9 Å². The smallest absolute Gasteiger partial charge is 0.340 e. The monoisotopic (exact) mass is 271 g/mol. The molecular weight excluding hydrogens is 262 g/mol. The quantitative estimate of drug-likeness (QED) is 0.839. The fraction of sp³-hybridized carbons (Fsp3) is 0.200. The minimum Gasteiger partial charge on any atom is -0.465 e. The highest BCUT2D eigenvalue weighted by Crippen LogP contribution is 2.26. The molecule has 0 aliphatic rings. The fourth-order valence-electron chi connectivity index (χ4n) is 1.11. The van der Waals surface area contributed by atoms with E-state index in [-0.39, 0.29) is 5.91 Å². The molecule has 1 aromatic carbocycles. The number of nitrogens with one attached hydrogen (secondary N) is 1. The van der Waals surface area contributed by atoms with Crippen LogP contribution < -0.4 is 5.32 Å². The normalized spacial score (nSPS) is 9.53. The molecule has 1 amide bonds. The standard InChI is InChI=1S/C10H10BrNO3/c1-6(13)12-9-7(10(14)15-2)4-3-5-8(9)11/h3-5H,1-2H3,(H,12,13). The van der Waals surface area contributed by atoms with Gasteiger partial charge in [0.15, 0.2) is 0 Å². The van der Waals surface area contributed by atoms with Crippen LogP contribution in [0.15, 0.2) is 22.7 Å². The third kappa shape index (κ3) is 2.79. The zero-order valence-corrected chi connectivity index (χ0v) is 9.92. The molecule has 0 aromatic heterocycles. The lowest BCUT2D eigenvalue weighted by atomic mass is 10.2. The van der Waals surface area contributed by atoms with Gasteiger partial charge in [0, 0.05) is 11.4 Å². The highest BCUT2D eigenvalue weighted by molar-refractivity contribution is 9.10. The molecule has 80 valence electrons. The largest absolute Gasteiger partial charge is 0.465 e. The maximum Gasteiger partial charge on any atom is 0.340 e. The van der Waals surface area contributed by atoms with Crippen molar-refractivity contribution in [2.24, 2.45) is 0 Å². The lowest BCUT2D eigenvalue weighted by Gasteiger charge is -2.09. The van der Waals surface area contributed by atoms with Gasteiger partial charge < -0.3 is 10.1 Å². The van der Waals surface area contributed by atoms with Gasteiger partial charge in [-0.05, 0) is 28.1 Å². The summed E-state index contributed by atoms with van der Waals surface area (Å²) in [6.07, 6.45) is 0. The molecule has 0 aliphatic carbocycles. The van der Waals surface area contributed by atoms with Gasteiger partial charge in [0.2, 0.25) is 5.91 Å². The summed E-state index contributed by atoms with van der Waals surface area (Å²) in [5.74, 6) is -0.730. The average molecular weight is 272 g/mol. The summed E-state index contributed by atoms with van der Waals surface area (Å²) < 4.78 is 5.24. The van der Waals surface area contributed by atoms with Crippen LogP contribution in [-0.2, 0) is 9.53 Å². The Kier molecular flexibility index (Phi) is 3.85. The third-order valence-electron chi connectivity index (χ3n) is 1.72. The molecule has 1 N–H and O–H groups in total. The molecule has 1 rings (SSSR count). The second-order valence-electron chi connectivity index (χ2n) is 2.84. The number of halogens is 1. The number of para-hydroxylation sites is 1. The molecule has 0 saturated heterocycles. The first-order valence-corrected chi connectivity index (χ1v) is 5.00. The fourth-order valence-corrected chi connectivity index (χ4v) is 1.57. The molecule has 0 fully saturated rings. The van der Waals surface area contributed by atoms with E-state index in [9.17, 15) is 9.59 Å². The van der Waals surface area contributed by atoms with Crippen molar-refractivity contribution in [1.29, 1.82) is 0 Å². The van der Waals surface area contributed by atoms with E-state index in [0.717, 1.165) is 0 Å². The Balaban J connectivity index is 3.19. The summed E-state index contributed by atoms with van der Waals surface area (Å²) >= 11 is 3.25. The van der Waals surface area contributed by atoms with E-state index < -0.39 is 5.97 Å². The molecule has 1 aromatic rings. The van der Waals surface area contributed by atoms with Crippen molar-refractivity contribution in [3.63, 3.8) is 0 Å². The summed E-state index contributed by atoms with van der Waals surface area (Å²) in [6, 6.07) is 5.02. The van der Waals surface area contributed by atoms with Crippen molar-refractivity contribution in [1.82, 2.24) is 0 Å². The van der Waals surface area contributed by atoms with Crippen LogP contribution in [0.4, 0.5) is 5.69 Å². The predicted molar refractivity (Wildman–Crippen MR) is 59.8 cm³/mol. The molecule has 4 nitrogen and oxygen atoms in total. The number of hydrogen-bond donors (Lipinski definition) is 1. The molecule has 0 unspecified atom stereocenters. The van der Waals surface area contributed by atoms with E-state index in [2.05, 4.69) is 26.0 Å². The lowest BCUT2D eigenvalue weighted by Crippen LogP contribution is -2.12. The highest BCUT2D eigenvalue weighted by Gasteiger charge is 2.14. The van der Waals surface area contributed by atoms with Crippen LogP contribution in [0.1, 0.15) is 17.3 Å². The highest BCUT2D eigenvalue weighted by atomic mass is 79.9. The Bertz CT molecular complexity index is 404. The van der Waals surface area contributed by atoms with Crippen molar-refractivity contribution < 1.29 is 14.3 Å². The van der Waals surface area contributed by atoms with E-state index in [0.29, 0.717) is 15.7 Å². The first-order valence-electron chi connectivity index (χ1n) is 4.20. The van der Waals surface area contributed by atoms with E-state index in [1.165, 1.54) is 14.0 Å². The Morgan fingerprint density at radius 2 is 2.07 bits per heavy atom. The van der Waals surface area contributed by atoms with E-state index >= 15 is 0 Å². The summed E-state index contributed by atoms with van der Waals surface area (Å²) in [4.78, 5) is 22.3. The van der Waals surface area contributed by atoms with Gasteiger partial charge in [0.05, 0.1) is 18.4 Å². The molecule has 0 spiro atoms. The summed E-state index contributed by atoms with van der Waals surface area (Å²) in [6.45, 7) is 1.38. The molecule has 5 heteroatoms. The van der Waals surface area contributed by atoms with Gasteiger partial charge in [-0.15, -0.1) is 0 Å². The zero-order valence-electron chi connectivity index (χ0n) is 8.33. The summed E-state index contributed by atoms with van der Waals surface area (Å²) in [7, 11) is 1.29. The maximum atomic E-state index is 11.4. The SMILES string of the molecule is COC(=O)c1cccc(Br)c1NC(C)=O. The molecule has 0 bridgehead atoms. The predicted octanol–water partition coefficient (Wildman–Crippen LogP) is 2.19. The average Bonchev–Trinajstić information content (AvgIpc) is 2.19. The number of hydrogen-bond acceptors (Lipinski definition) is 3. The van der Waals surface area contributed by atoms with Crippen molar-refractivity contribution in [2.75, 3.05) is 12.4 Å². The second kappa shape index (κ2) is 4.93. The number of rotatable bonds is 2. The molecule has 0 aliphatic heterocycles. The summed E-state index contributed by atoms with van der Waals surface area (Å²) in [5.41, 5.74) is 0.749. The number of methoxy groups -OCH3 is 1. The maximum absolute atomic E-state index is 11.4. The number of esters is 1. The minimum atomic E-state index is -0.486. The second-order valence-corrected chi connectivity index (χ2v) is 3.69. The van der Waals surface area contributed by atoms with E-state index in [1.807, 2.05) is 0 Å². The topological polar surface area (TPSA) is 55.4 Å². The van der Waals surface area contributed by atoms with E-state index in [1.54, 1.807) is 18.2 Å². The Labute approximate surface area is 95.7 Å². The van der Waals surface area contributed by atoms with Crippen LogP contribution in [0.2, 0.25) is 0 Å². The van der Waals surface area contributed by atoms with E-state index in [4.69, 9.17) is 0 Å². The molecule has 0 atom stereocenters. The van der Waals surface area contributed by atoms with Crippen LogP contribution in [0.25, 0.3) is 0 Å².